The fourth-order valence-corrected chi connectivity index (χ4v) is 2.74. The summed E-state index contributed by atoms with van der Waals surface area (Å²) in [6, 6.07) is 0. The molecular weight excluding hydrogens is 256 g/mol. The normalized spacial score (nSPS) is 18.3. The molecule has 1 rings (SSSR count). The highest BCUT2D eigenvalue weighted by Crippen LogP contribution is 2.19. The molecule has 1 saturated heterocycles. The second-order valence-corrected chi connectivity index (χ2v) is 5.42. The van der Waals surface area contributed by atoms with E-state index in [1.165, 1.54) is 7.11 Å². The van der Waals surface area contributed by atoms with Gasteiger partial charge in [-0.3, -0.25) is 4.79 Å². The monoisotopic (exact) mass is 276 g/mol. The van der Waals surface area contributed by atoms with Gasteiger partial charge in [-0.05, 0) is 25.9 Å². The Kier molecular flexibility index (Phi) is 7.07. The van der Waals surface area contributed by atoms with E-state index in [9.17, 15) is 9.59 Å². The van der Waals surface area contributed by atoms with Gasteiger partial charge in [-0.15, -0.1) is 11.8 Å². The second kappa shape index (κ2) is 8.34. The van der Waals surface area contributed by atoms with E-state index in [2.05, 4.69) is 10.6 Å². The van der Waals surface area contributed by atoms with Crippen LogP contribution in [0.5, 0.6) is 0 Å². The number of carboxylic acid groups (broad SMARTS) is 1. The van der Waals surface area contributed by atoms with Crippen molar-refractivity contribution in [2.45, 2.75) is 24.2 Å². The third-order valence-electron chi connectivity index (χ3n) is 2.78. The number of piperidine rings is 1. The number of ether oxygens (including phenoxy) is 1. The molecule has 1 aliphatic rings. The Morgan fingerprint density at radius 1 is 1.50 bits per heavy atom. The second-order valence-electron chi connectivity index (χ2n) is 4.13. The number of nitrogens with one attached hydrogen (secondary N) is 2. The molecule has 1 atom stereocenters. The van der Waals surface area contributed by atoms with Crippen LogP contribution >= 0.6 is 11.8 Å². The fraction of sp³-hybridized carbons (Fsp3) is 0.818. The lowest BCUT2D eigenvalue weighted by atomic mass is 10.2. The Hall–Kier alpha value is -0.790. The van der Waals surface area contributed by atoms with Gasteiger partial charge in [-0.1, -0.05) is 0 Å². The Bertz CT molecular complexity index is 282. The summed E-state index contributed by atoms with van der Waals surface area (Å²) in [6.45, 7) is 2.02. The van der Waals surface area contributed by atoms with Crippen molar-refractivity contribution in [2.24, 2.45) is 0 Å². The molecule has 0 radical (unpaired) electrons. The van der Waals surface area contributed by atoms with E-state index in [1.54, 1.807) is 11.8 Å². The lowest BCUT2D eigenvalue weighted by molar-refractivity contribution is -0.148. The molecule has 7 heteroatoms. The van der Waals surface area contributed by atoms with Crippen LogP contribution in [0.15, 0.2) is 0 Å². The highest BCUT2D eigenvalue weighted by atomic mass is 32.2. The van der Waals surface area contributed by atoms with Gasteiger partial charge in [0.1, 0.15) is 0 Å². The first-order valence-electron chi connectivity index (χ1n) is 5.98. The molecule has 0 aliphatic carbocycles. The standard InChI is InChI=1S/C11H20N2O4S/c1-17-9(11(15)16)6-13-10(14)7-18-8-2-4-12-5-3-8/h8-9,12H,2-7H2,1H3,(H,13,14)(H,15,16). The van der Waals surface area contributed by atoms with Crippen LogP contribution in [0, 0.1) is 0 Å². The minimum atomic E-state index is -1.07. The zero-order valence-electron chi connectivity index (χ0n) is 10.5. The minimum Gasteiger partial charge on any atom is -0.479 e. The van der Waals surface area contributed by atoms with Crippen LogP contribution in [0.3, 0.4) is 0 Å². The Morgan fingerprint density at radius 3 is 2.72 bits per heavy atom. The van der Waals surface area contributed by atoms with Gasteiger partial charge in [0.15, 0.2) is 6.10 Å². The van der Waals surface area contributed by atoms with E-state index in [0.717, 1.165) is 25.9 Å². The van der Waals surface area contributed by atoms with E-state index in [0.29, 0.717) is 11.0 Å². The number of hydrogen-bond acceptors (Lipinski definition) is 5. The van der Waals surface area contributed by atoms with E-state index < -0.39 is 12.1 Å². The van der Waals surface area contributed by atoms with Gasteiger partial charge in [0.2, 0.25) is 5.91 Å². The predicted octanol–water partition coefficient (Wildman–Crippen LogP) is -0.313. The Morgan fingerprint density at radius 2 is 2.17 bits per heavy atom. The van der Waals surface area contributed by atoms with Gasteiger partial charge in [-0.2, -0.15) is 0 Å². The summed E-state index contributed by atoms with van der Waals surface area (Å²) >= 11 is 1.63. The number of hydrogen-bond donors (Lipinski definition) is 3. The first kappa shape index (κ1) is 15.3. The number of aliphatic carboxylic acids is 1. The van der Waals surface area contributed by atoms with Gasteiger partial charge in [-0.25, -0.2) is 4.79 Å². The van der Waals surface area contributed by atoms with Crippen LogP contribution in [0.25, 0.3) is 0 Å². The SMILES string of the molecule is COC(CNC(=O)CSC1CCNCC1)C(=O)O. The molecule has 1 fully saturated rings. The number of rotatable bonds is 7. The summed E-state index contributed by atoms with van der Waals surface area (Å²) in [5, 5.41) is 15.1. The molecule has 0 aromatic heterocycles. The molecule has 18 heavy (non-hydrogen) atoms. The lowest BCUT2D eigenvalue weighted by Crippen LogP contribution is -2.39. The maximum Gasteiger partial charge on any atom is 0.334 e. The summed E-state index contributed by atoms with van der Waals surface area (Å²) in [7, 11) is 1.31. The predicted molar refractivity (Wildman–Crippen MR) is 69.8 cm³/mol. The van der Waals surface area contributed by atoms with Gasteiger partial charge in [0.05, 0.1) is 12.3 Å². The average Bonchev–Trinajstić information content (AvgIpc) is 2.38. The van der Waals surface area contributed by atoms with Crippen molar-refractivity contribution < 1.29 is 19.4 Å². The quantitative estimate of drug-likeness (QED) is 0.591. The van der Waals surface area contributed by atoms with Crippen molar-refractivity contribution in [1.82, 2.24) is 10.6 Å². The maximum atomic E-state index is 11.5. The lowest BCUT2D eigenvalue weighted by Gasteiger charge is -2.21. The van der Waals surface area contributed by atoms with Gasteiger partial charge < -0.3 is 20.5 Å². The fourth-order valence-electron chi connectivity index (χ4n) is 1.68. The molecule has 0 aromatic carbocycles. The van der Waals surface area contributed by atoms with E-state index in [4.69, 9.17) is 9.84 Å². The van der Waals surface area contributed by atoms with Crippen molar-refractivity contribution in [3.05, 3.63) is 0 Å². The third kappa shape index (κ3) is 5.70. The molecule has 104 valence electrons. The van der Waals surface area contributed by atoms with Crippen molar-refractivity contribution in [2.75, 3.05) is 32.5 Å². The number of carbonyl (C=O) groups is 2. The molecule has 1 amide bonds. The molecule has 0 saturated carbocycles. The van der Waals surface area contributed by atoms with Gasteiger partial charge in [0, 0.05) is 12.4 Å². The highest BCUT2D eigenvalue weighted by Gasteiger charge is 2.18. The zero-order chi connectivity index (χ0) is 13.4. The Balaban J connectivity index is 2.14. The molecule has 0 aromatic rings. The third-order valence-corrected chi connectivity index (χ3v) is 4.15. The number of carboxylic acids is 1. The summed E-state index contributed by atoms with van der Waals surface area (Å²) in [5.41, 5.74) is 0. The summed E-state index contributed by atoms with van der Waals surface area (Å²) in [6.07, 6.45) is 1.18. The average molecular weight is 276 g/mol. The van der Waals surface area contributed by atoms with E-state index in [-0.39, 0.29) is 12.5 Å². The molecule has 3 N–H and O–H groups in total. The van der Waals surface area contributed by atoms with Crippen molar-refractivity contribution in [3.8, 4) is 0 Å². The van der Waals surface area contributed by atoms with Gasteiger partial charge >= 0.3 is 5.97 Å². The molecule has 6 nitrogen and oxygen atoms in total. The molecule has 0 bridgehead atoms. The number of amides is 1. The summed E-state index contributed by atoms with van der Waals surface area (Å²) in [4.78, 5) is 22.2. The van der Waals surface area contributed by atoms with E-state index in [1.807, 2.05) is 0 Å². The number of carbonyl (C=O) groups excluding carboxylic acids is 1. The topological polar surface area (TPSA) is 87.7 Å². The van der Waals surface area contributed by atoms with Crippen molar-refractivity contribution in [1.29, 1.82) is 0 Å². The van der Waals surface area contributed by atoms with Crippen LogP contribution < -0.4 is 10.6 Å². The maximum absolute atomic E-state index is 11.5. The van der Waals surface area contributed by atoms with Crippen LogP contribution in [-0.2, 0) is 14.3 Å². The van der Waals surface area contributed by atoms with Crippen LogP contribution in [0.1, 0.15) is 12.8 Å². The Labute approximate surface area is 111 Å². The molecule has 1 heterocycles. The zero-order valence-corrected chi connectivity index (χ0v) is 11.3. The first-order valence-corrected chi connectivity index (χ1v) is 7.03. The molecule has 1 aliphatic heterocycles. The molecular formula is C11H20N2O4S. The van der Waals surface area contributed by atoms with Crippen molar-refractivity contribution >= 4 is 23.6 Å². The van der Waals surface area contributed by atoms with Crippen LogP contribution in [0.2, 0.25) is 0 Å². The van der Waals surface area contributed by atoms with Gasteiger partial charge in [0.25, 0.3) is 0 Å². The largest absolute Gasteiger partial charge is 0.479 e. The smallest absolute Gasteiger partial charge is 0.334 e. The summed E-state index contributed by atoms with van der Waals surface area (Å²) < 4.78 is 4.73. The first-order chi connectivity index (χ1) is 8.63. The molecule has 0 spiro atoms. The summed E-state index contributed by atoms with van der Waals surface area (Å²) in [5.74, 6) is -0.827. The number of thioether (sulfide) groups is 1. The minimum absolute atomic E-state index is 0.0114. The number of methoxy groups -OCH3 is 1. The van der Waals surface area contributed by atoms with Crippen molar-refractivity contribution in [3.63, 3.8) is 0 Å². The van der Waals surface area contributed by atoms with Crippen LogP contribution in [-0.4, -0.2) is 60.8 Å². The highest BCUT2D eigenvalue weighted by molar-refractivity contribution is 8.00. The van der Waals surface area contributed by atoms with Crippen LogP contribution in [0.4, 0.5) is 0 Å². The molecule has 1 unspecified atom stereocenters. The van der Waals surface area contributed by atoms with E-state index >= 15 is 0 Å².